The third-order valence-electron chi connectivity index (χ3n) is 1.63. The Labute approximate surface area is 102 Å². The lowest BCUT2D eigenvalue weighted by atomic mass is 10.4. The minimum absolute atomic E-state index is 0.00854. The first-order chi connectivity index (χ1) is 8.18. The standard InChI is InChI=1S/C8H7F6N3S/c9-7(10,11)5-1-2-6(17-16-5)15-3-4-18-8(12,13)14/h1-2H,3-4H2,(H,15,17). The second-order valence-electron chi connectivity index (χ2n) is 3.02. The van der Waals surface area contributed by atoms with E-state index in [2.05, 4.69) is 15.5 Å². The zero-order valence-corrected chi connectivity index (χ0v) is 9.46. The van der Waals surface area contributed by atoms with Crippen LogP contribution in [0.3, 0.4) is 0 Å². The van der Waals surface area contributed by atoms with Gasteiger partial charge in [0.2, 0.25) is 0 Å². The lowest BCUT2D eigenvalue weighted by Crippen LogP contribution is -2.13. The van der Waals surface area contributed by atoms with E-state index >= 15 is 0 Å². The summed E-state index contributed by atoms with van der Waals surface area (Å²) in [7, 11) is 0. The summed E-state index contributed by atoms with van der Waals surface area (Å²) in [6.07, 6.45) is -4.59. The number of nitrogens with one attached hydrogen (secondary N) is 1. The predicted octanol–water partition coefficient (Wildman–Crippen LogP) is 3.16. The second-order valence-corrected chi connectivity index (χ2v) is 4.18. The van der Waals surface area contributed by atoms with Crippen molar-refractivity contribution in [1.29, 1.82) is 0 Å². The van der Waals surface area contributed by atoms with E-state index in [1.54, 1.807) is 0 Å². The van der Waals surface area contributed by atoms with Gasteiger partial charge in [0.15, 0.2) is 5.69 Å². The summed E-state index contributed by atoms with van der Waals surface area (Å²) in [6.45, 7) is -0.0791. The van der Waals surface area contributed by atoms with Gasteiger partial charge in [-0.25, -0.2) is 0 Å². The van der Waals surface area contributed by atoms with Crippen LogP contribution in [0.25, 0.3) is 0 Å². The van der Waals surface area contributed by atoms with E-state index in [0.717, 1.165) is 6.07 Å². The summed E-state index contributed by atoms with van der Waals surface area (Å²) in [6, 6.07) is 1.71. The van der Waals surface area contributed by atoms with E-state index in [1.807, 2.05) is 0 Å². The molecule has 0 saturated heterocycles. The molecular weight excluding hydrogens is 284 g/mol. The fourth-order valence-electron chi connectivity index (χ4n) is 0.924. The molecule has 0 spiro atoms. The highest BCUT2D eigenvalue weighted by Crippen LogP contribution is 2.29. The first-order valence-electron chi connectivity index (χ1n) is 4.54. The van der Waals surface area contributed by atoms with Gasteiger partial charge in [-0.2, -0.15) is 26.3 Å². The number of nitrogens with zero attached hydrogens (tertiary/aromatic N) is 2. The summed E-state index contributed by atoms with van der Waals surface area (Å²) >= 11 is -0.230. The maximum Gasteiger partial charge on any atom is 0.441 e. The van der Waals surface area contributed by atoms with Crippen LogP contribution >= 0.6 is 11.8 Å². The molecule has 1 N–H and O–H groups in total. The van der Waals surface area contributed by atoms with Crippen molar-refractivity contribution in [2.24, 2.45) is 0 Å². The molecule has 0 aliphatic carbocycles. The Morgan fingerprint density at radius 3 is 2.17 bits per heavy atom. The fourth-order valence-corrected chi connectivity index (χ4v) is 1.36. The van der Waals surface area contributed by atoms with Crippen LogP contribution in [0, 0.1) is 0 Å². The molecule has 0 fully saturated rings. The van der Waals surface area contributed by atoms with Gasteiger partial charge in [0.1, 0.15) is 5.82 Å². The summed E-state index contributed by atoms with van der Waals surface area (Å²) in [5, 5.41) is 8.55. The van der Waals surface area contributed by atoms with Crippen LogP contribution < -0.4 is 5.32 Å². The molecule has 10 heteroatoms. The van der Waals surface area contributed by atoms with Crippen molar-refractivity contribution in [3.05, 3.63) is 17.8 Å². The maximum absolute atomic E-state index is 12.1. The highest BCUT2D eigenvalue weighted by atomic mass is 32.2. The first kappa shape index (κ1) is 14.9. The Balaban J connectivity index is 2.41. The Morgan fingerprint density at radius 2 is 1.72 bits per heavy atom. The van der Waals surface area contributed by atoms with Gasteiger partial charge in [-0.1, -0.05) is 0 Å². The minimum atomic E-state index is -4.59. The Hall–Kier alpha value is -1.19. The van der Waals surface area contributed by atoms with Crippen LogP contribution in [-0.2, 0) is 6.18 Å². The van der Waals surface area contributed by atoms with E-state index < -0.39 is 17.4 Å². The number of thioether (sulfide) groups is 1. The molecule has 0 saturated carbocycles. The van der Waals surface area contributed by atoms with E-state index in [4.69, 9.17) is 0 Å². The van der Waals surface area contributed by atoms with Crippen molar-refractivity contribution >= 4 is 17.6 Å². The molecule has 0 aromatic carbocycles. The molecule has 0 aliphatic rings. The Morgan fingerprint density at radius 1 is 1.06 bits per heavy atom. The molecule has 1 rings (SSSR count). The highest BCUT2D eigenvalue weighted by molar-refractivity contribution is 8.00. The third-order valence-corrected chi connectivity index (χ3v) is 2.36. The fraction of sp³-hybridized carbons (Fsp3) is 0.500. The van der Waals surface area contributed by atoms with Gasteiger partial charge in [0.05, 0.1) is 0 Å². The SMILES string of the molecule is FC(F)(F)SCCNc1ccc(C(F)(F)F)nn1. The van der Waals surface area contributed by atoms with Crippen molar-refractivity contribution in [3.8, 4) is 0 Å². The average Bonchev–Trinajstić information content (AvgIpc) is 2.22. The summed E-state index contributed by atoms with van der Waals surface area (Å²) in [4.78, 5) is 0. The maximum atomic E-state index is 12.1. The quantitative estimate of drug-likeness (QED) is 0.683. The van der Waals surface area contributed by atoms with Crippen LogP contribution in [-0.4, -0.2) is 28.0 Å². The molecule has 3 nitrogen and oxygen atoms in total. The molecule has 1 aromatic rings. The topological polar surface area (TPSA) is 37.8 Å². The Bertz CT molecular complexity index is 374. The van der Waals surface area contributed by atoms with E-state index in [1.165, 1.54) is 0 Å². The van der Waals surface area contributed by atoms with Gasteiger partial charge in [0, 0.05) is 12.3 Å². The summed E-state index contributed by atoms with van der Waals surface area (Å²) in [5.41, 5.74) is -5.48. The normalized spacial score (nSPS) is 12.6. The van der Waals surface area contributed by atoms with Gasteiger partial charge in [-0.3, -0.25) is 0 Å². The van der Waals surface area contributed by atoms with E-state index in [-0.39, 0.29) is 29.9 Å². The van der Waals surface area contributed by atoms with Crippen molar-refractivity contribution in [1.82, 2.24) is 10.2 Å². The van der Waals surface area contributed by atoms with Gasteiger partial charge >= 0.3 is 11.7 Å². The Kier molecular flexibility index (Phi) is 4.65. The van der Waals surface area contributed by atoms with Gasteiger partial charge in [-0.15, -0.1) is 10.2 Å². The third kappa shape index (κ3) is 5.43. The molecular formula is C8H7F6N3S. The van der Waals surface area contributed by atoms with Crippen LogP contribution in [0.5, 0.6) is 0 Å². The number of hydrogen-bond acceptors (Lipinski definition) is 4. The van der Waals surface area contributed by atoms with Gasteiger partial charge < -0.3 is 5.32 Å². The molecule has 1 aromatic heterocycles. The molecule has 0 radical (unpaired) electrons. The number of aromatic nitrogens is 2. The molecule has 0 aliphatic heterocycles. The van der Waals surface area contributed by atoms with Crippen LogP contribution in [0.1, 0.15) is 5.69 Å². The molecule has 0 atom stereocenters. The number of rotatable bonds is 4. The minimum Gasteiger partial charge on any atom is -0.368 e. The summed E-state index contributed by atoms with van der Waals surface area (Å²) < 4.78 is 71.6. The molecule has 0 amide bonds. The lowest BCUT2D eigenvalue weighted by molar-refractivity contribution is -0.141. The second kappa shape index (κ2) is 5.63. The lowest BCUT2D eigenvalue weighted by Gasteiger charge is -2.08. The van der Waals surface area contributed by atoms with Crippen LogP contribution in [0.15, 0.2) is 12.1 Å². The van der Waals surface area contributed by atoms with E-state index in [9.17, 15) is 26.3 Å². The first-order valence-corrected chi connectivity index (χ1v) is 5.52. The number of alkyl halides is 6. The van der Waals surface area contributed by atoms with E-state index in [0.29, 0.717) is 6.07 Å². The monoisotopic (exact) mass is 291 g/mol. The summed E-state index contributed by atoms with van der Waals surface area (Å²) in [5.74, 6) is -0.280. The predicted molar refractivity (Wildman–Crippen MR) is 54.0 cm³/mol. The largest absolute Gasteiger partial charge is 0.441 e. The number of halogens is 6. The van der Waals surface area contributed by atoms with Crippen molar-refractivity contribution in [3.63, 3.8) is 0 Å². The smallest absolute Gasteiger partial charge is 0.368 e. The number of hydrogen-bond donors (Lipinski definition) is 1. The molecule has 18 heavy (non-hydrogen) atoms. The molecule has 0 unspecified atom stereocenters. The van der Waals surface area contributed by atoms with Gasteiger partial charge in [0.25, 0.3) is 0 Å². The van der Waals surface area contributed by atoms with Crippen molar-refractivity contribution in [2.45, 2.75) is 11.7 Å². The molecule has 0 bridgehead atoms. The zero-order chi connectivity index (χ0) is 13.8. The van der Waals surface area contributed by atoms with Crippen molar-refractivity contribution < 1.29 is 26.3 Å². The van der Waals surface area contributed by atoms with Crippen molar-refractivity contribution in [2.75, 3.05) is 17.6 Å². The van der Waals surface area contributed by atoms with Gasteiger partial charge in [-0.05, 0) is 23.9 Å². The molecule has 1 heterocycles. The average molecular weight is 291 g/mol. The molecule has 102 valence electrons. The van der Waals surface area contributed by atoms with Crippen LogP contribution in [0.2, 0.25) is 0 Å². The number of anilines is 1. The highest BCUT2D eigenvalue weighted by Gasteiger charge is 2.32. The van der Waals surface area contributed by atoms with Crippen LogP contribution in [0.4, 0.5) is 32.2 Å². The zero-order valence-electron chi connectivity index (χ0n) is 8.64.